The van der Waals surface area contributed by atoms with Crippen LogP contribution in [0.5, 0.6) is 0 Å². The molecule has 0 unspecified atom stereocenters. The van der Waals surface area contributed by atoms with Gasteiger partial charge >= 0.3 is 0 Å². The summed E-state index contributed by atoms with van der Waals surface area (Å²) in [4.78, 5) is 0. The second-order valence-electron chi connectivity index (χ2n) is 3.29. The van der Waals surface area contributed by atoms with Crippen LogP contribution in [0.2, 0.25) is 0 Å². The highest BCUT2D eigenvalue weighted by atomic mass is 79.9. The predicted octanol–water partition coefficient (Wildman–Crippen LogP) is 5.03. The molecule has 15 heavy (non-hydrogen) atoms. The molecule has 1 aromatic heterocycles. The van der Waals surface area contributed by atoms with Crippen LogP contribution in [0.15, 0.2) is 44.1 Å². The minimum absolute atomic E-state index is 0.980. The van der Waals surface area contributed by atoms with E-state index in [1.165, 1.54) is 11.1 Å². The van der Waals surface area contributed by atoms with Crippen molar-refractivity contribution >= 4 is 31.9 Å². The molecule has 78 valence electrons. The zero-order valence-electron chi connectivity index (χ0n) is 8.26. The number of rotatable bonds is 2. The van der Waals surface area contributed by atoms with Crippen molar-refractivity contribution in [3.8, 4) is 11.1 Å². The Labute approximate surface area is 106 Å². The lowest BCUT2D eigenvalue weighted by Crippen LogP contribution is -1.83. The number of furan rings is 1. The van der Waals surface area contributed by atoms with Gasteiger partial charge in [0.2, 0.25) is 0 Å². The molecule has 0 saturated heterocycles. The maximum Gasteiger partial charge on any atom is 0.0984 e. The molecule has 0 fully saturated rings. The van der Waals surface area contributed by atoms with E-state index in [9.17, 15) is 0 Å². The van der Waals surface area contributed by atoms with E-state index >= 15 is 0 Å². The highest BCUT2D eigenvalue weighted by Gasteiger charge is 2.09. The van der Waals surface area contributed by atoms with Crippen molar-refractivity contribution in [1.82, 2.24) is 0 Å². The molecule has 1 nitrogen and oxygen atoms in total. The molecule has 0 spiro atoms. The van der Waals surface area contributed by atoms with E-state index in [1.54, 1.807) is 6.26 Å². The van der Waals surface area contributed by atoms with Gasteiger partial charge in [-0.1, -0.05) is 44.8 Å². The quantitative estimate of drug-likeness (QED) is 0.752. The van der Waals surface area contributed by atoms with Gasteiger partial charge in [-0.15, -0.1) is 0 Å². The fourth-order valence-corrected chi connectivity index (χ4v) is 2.80. The van der Waals surface area contributed by atoms with E-state index in [2.05, 4.69) is 44.8 Å². The maximum atomic E-state index is 5.24. The molecule has 0 aliphatic rings. The third-order valence-electron chi connectivity index (χ3n) is 2.34. The molecule has 1 heterocycles. The van der Waals surface area contributed by atoms with E-state index < -0.39 is 0 Å². The molecular weight excluding hydrogens is 320 g/mol. The van der Waals surface area contributed by atoms with Crippen LogP contribution in [0, 0.1) is 0 Å². The van der Waals surface area contributed by atoms with E-state index in [-0.39, 0.29) is 0 Å². The Kier molecular flexibility index (Phi) is 3.32. The van der Waals surface area contributed by atoms with Crippen LogP contribution in [-0.4, -0.2) is 0 Å². The summed E-state index contributed by atoms with van der Waals surface area (Å²) in [5.41, 5.74) is 3.57. The maximum absolute atomic E-state index is 5.24. The molecule has 0 saturated carbocycles. The number of benzene rings is 1. The third-order valence-corrected chi connectivity index (χ3v) is 3.49. The normalized spacial score (nSPS) is 10.6. The van der Waals surface area contributed by atoms with E-state index in [0.29, 0.717) is 0 Å². The van der Waals surface area contributed by atoms with Crippen LogP contribution in [0.1, 0.15) is 12.5 Å². The zero-order valence-corrected chi connectivity index (χ0v) is 11.4. The van der Waals surface area contributed by atoms with Crippen molar-refractivity contribution in [2.24, 2.45) is 0 Å². The number of hydrogen-bond acceptors (Lipinski definition) is 1. The molecule has 3 heteroatoms. The fraction of sp³-hybridized carbons (Fsp3) is 0.167. The summed E-state index contributed by atoms with van der Waals surface area (Å²) in [6, 6.07) is 6.16. The molecule has 2 rings (SSSR count). The summed E-state index contributed by atoms with van der Waals surface area (Å²) in [6.45, 7) is 2.13. The van der Waals surface area contributed by atoms with Crippen LogP contribution in [0.4, 0.5) is 0 Å². The fourth-order valence-electron chi connectivity index (χ4n) is 1.54. The summed E-state index contributed by atoms with van der Waals surface area (Å²) in [5, 5.41) is 0. The first-order valence-corrected chi connectivity index (χ1v) is 6.31. The van der Waals surface area contributed by atoms with E-state index in [4.69, 9.17) is 4.42 Å². The summed E-state index contributed by atoms with van der Waals surface area (Å²) >= 11 is 7.00. The largest absolute Gasteiger partial charge is 0.472 e. The Morgan fingerprint density at radius 3 is 2.60 bits per heavy atom. The van der Waals surface area contributed by atoms with Crippen molar-refractivity contribution in [3.63, 3.8) is 0 Å². The van der Waals surface area contributed by atoms with Crippen molar-refractivity contribution in [3.05, 3.63) is 45.2 Å². The second kappa shape index (κ2) is 4.54. The van der Waals surface area contributed by atoms with Gasteiger partial charge in [0.1, 0.15) is 0 Å². The van der Waals surface area contributed by atoms with Gasteiger partial charge in [-0.3, -0.25) is 0 Å². The number of hydrogen-bond donors (Lipinski definition) is 0. The van der Waals surface area contributed by atoms with Crippen molar-refractivity contribution in [1.29, 1.82) is 0 Å². The minimum atomic E-state index is 0.980. The Morgan fingerprint density at radius 1 is 1.13 bits per heavy atom. The predicted molar refractivity (Wildman–Crippen MR) is 68.9 cm³/mol. The molecule has 0 bridgehead atoms. The summed E-state index contributed by atoms with van der Waals surface area (Å²) < 4.78 is 7.39. The summed E-state index contributed by atoms with van der Waals surface area (Å²) in [7, 11) is 0. The highest BCUT2D eigenvalue weighted by Crippen LogP contribution is 2.33. The van der Waals surface area contributed by atoms with Crippen LogP contribution in [0.25, 0.3) is 11.1 Å². The van der Waals surface area contributed by atoms with Gasteiger partial charge in [0.25, 0.3) is 0 Å². The average molecular weight is 330 g/mol. The van der Waals surface area contributed by atoms with Gasteiger partial charge in [-0.2, -0.15) is 0 Å². The third kappa shape index (κ3) is 2.18. The average Bonchev–Trinajstić information content (AvgIpc) is 2.65. The van der Waals surface area contributed by atoms with Crippen molar-refractivity contribution in [2.45, 2.75) is 13.3 Å². The zero-order chi connectivity index (χ0) is 10.8. The molecule has 0 N–H and O–H groups in total. The Hall–Kier alpha value is -0.540. The lowest BCUT2D eigenvalue weighted by molar-refractivity contribution is 0.565. The summed E-state index contributed by atoms with van der Waals surface area (Å²) in [6.07, 6.45) is 4.59. The SMILES string of the molecule is CCc1cocc1-c1ccc(Br)cc1Br. The minimum Gasteiger partial charge on any atom is -0.472 e. The van der Waals surface area contributed by atoms with E-state index in [0.717, 1.165) is 20.9 Å². The van der Waals surface area contributed by atoms with Crippen LogP contribution in [0.3, 0.4) is 0 Å². The van der Waals surface area contributed by atoms with E-state index in [1.807, 2.05) is 18.4 Å². The molecular formula is C12H10Br2O. The lowest BCUT2D eigenvalue weighted by atomic mass is 10.0. The van der Waals surface area contributed by atoms with Gasteiger partial charge in [-0.05, 0) is 29.7 Å². The number of halogens is 2. The first-order valence-electron chi connectivity index (χ1n) is 4.73. The highest BCUT2D eigenvalue weighted by molar-refractivity contribution is 9.11. The summed E-state index contributed by atoms with van der Waals surface area (Å²) in [5.74, 6) is 0. The Morgan fingerprint density at radius 2 is 1.93 bits per heavy atom. The Balaban J connectivity index is 2.54. The number of aryl methyl sites for hydroxylation is 1. The first kappa shape index (κ1) is 11.0. The van der Waals surface area contributed by atoms with Gasteiger partial charge in [0, 0.05) is 14.5 Å². The van der Waals surface area contributed by atoms with Crippen molar-refractivity contribution < 1.29 is 4.42 Å². The smallest absolute Gasteiger partial charge is 0.0984 e. The van der Waals surface area contributed by atoms with Gasteiger partial charge in [0.05, 0.1) is 12.5 Å². The van der Waals surface area contributed by atoms with Crippen LogP contribution >= 0.6 is 31.9 Å². The standard InChI is InChI=1S/C12H10Br2O/c1-2-8-6-15-7-11(8)10-4-3-9(13)5-12(10)14/h3-7H,2H2,1H3. The second-order valence-corrected chi connectivity index (χ2v) is 5.06. The van der Waals surface area contributed by atoms with Crippen LogP contribution in [-0.2, 0) is 6.42 Å². The molecule has 2 aromatic rings. The molecule has 0 aliphatic heterocycles. The molecule has 0 atom stereocenters. The lowest BCUT2D eigenvalue weighted by Gasteiger charge is -2.04. The van der Waals surface area contributed by atoms with Gasteiger partial charge < -0.3 is 4.42 Å². The molecule has 1 aromatic carbocycles. The molecule has 0 aliphatic carbocycles. The van der Waals surface area contributed by atoms with Crippen LogP contribution < -0.4 is 0 Å². The Bertz CT molecular complexity index is 474. The molecule has 0 amide bonds. The van der Waals surface area contributed by atoms with Crippen molar-refractivity contribution in [2.75, 3.05) is 0 Å². The monoisotopic (exact) mass is 328 g/mol. The topological polar surface area (TPSA) is 13.1 Å². The first-order chi connectivity index (χ1) is 7.22. The van der Waals surface area contributed by atoms with Gasteiger partial charge in [-0.25, -0.2) is 0 Å². The van der Waals surface area contributed by atoms with Gasteiger partial charge in [0.15, 0.2) is 0 Å². The molecule has 0 radical (unpaired) electrons.